The van der Waals surface area contributed by atoms with Crippen molar-refractivity contribution in [1.29, 1.82) is 0 Å². The van der Waals surface area contributed by atoms with Gasteiger partial charge in [-0.2, -0.15) is 0 Å². The number of aliphatic imine (C=N–C) groups is 1. The van der Waals surface area contributed by atoms with E-state index in [1.165, 1.54) is 5.56 Å². The van der Waals surface area contributed by atoms with Crippen LogP contribution in [0, 0.1) is 0 Å². The van der Waals surface area contributed by atoms with Crippen LogP contribution in [0.3, 0.4) is 0 Å². The van der Waals surface area contributed by atoms with Crippen LogP contribution >= 0.6 is 23.8 Å². The second kappa shape index (κ2) is 10.8. The minimum absolute atomic E-state index is 0.172. The fourth-order valence-corrected chi connectivity index (χ4v) is 5.09. The lowest BCUT2D eigenvalue weighted by Crippen LogP contribution is -2.55. The Kier molecular flexibility index (Phi) is 7.32. The lowest BCUT2D eigenvalue weighted by molar-refractivity contribution is -0.119. The Bertz CT molecular complexity index is 1280. The van der Waals surface area contributed by atoms with Crippen LogP contribution in [-0.2, 0) is 11.3 Å². The molecule has 2 aliphatic rings. The van der Waals surface area contributed by atoms with E-state index in [0.717, 1.165) is 49.5 Å². The number of carbonyl (C=O) groups is 1. The molecule has 1 atom stereocenters. The molecular formula is C28H28ClN5OS. The number of benzodiazepines with no additional fused rings is 1. The lowest BCUT2D eigenvalue weighted by atomic mass is 10.0. The number of nitrogens with one attached hydrogen (secondary N) is 1. The van der Waals surface area contributed by atoms with Gasteiger partial charge < -0.3 is 15.1 Å². The van der Waals surface area contributed by atoms with Gasteiger partial charge in [0.15, 0.2) is 5.11 Å². The summed E-state index contributed by atoms with van der Waals surface area (Å²) >= 11 is 12.1. The van der Waals surface area contributed by atoms with E-state index in [4.69, 9.17) is 28.8 Å². The highest BCUT2D eigenvalue weighted by Crippen LogP contribution is 2.30. The Morgan fingerprint density at radius 3 is 2.36 bits per heavy atom. The van der Waals surface area contributed by atoms with Gasteiger partial charge in [0.2, 0.25) is 6.17 Å². The average Bonchev–Trinajstić information content (AvgIpc) is 3.00. The zero-order valence-corrected chi connectivity index (χ0v) is 21.7. The molecule has 3 aromatic rings. The van der Waals surface area contributed by atoms with E-state index in [1.54, 1.807) is 18.0 Å². The molecule has 0 saturated carbocycles. The van der Waals surface area contributed by atoms with Crippen molar-refractivity contribution < 1.29 is 4.79 Å². The van der Waals surface area contributed by atoms with Crippen molar-refractivity contribution in [3.05, 3.63) is 101 Å². The van der Waals surface area contributed by atoms with Gasteiger partial charge in [-0.1, -0.05) is 72.3 Å². The minimum Gasteiger partial charge on any atom is -0.347 e. The zero-order valence-electron chi connectivity index (χ0n) is 20.1. The van der Waals surface area contributed by atoms with Crippen LogP contribution in [0.5, 0.6) is 0 Å². The maximum Gasteiger partial charge on any atom is 0.272 e. The van der Waals surface area contributed by atoms with E-state index in [2.05, 4.69) is 39.4 Å². The third-order valence-corrected chi connectivity index (χ3v) is 7.22. The van der Waals surface area contributed by atoms with Gasteiger partial charge in [-0.3, -0.25) is 9.69 Å². The summed E-state index contributed by atoms with van der Waals surface area (Å²) in [5.41, 5.74) is 4.50. The zero-order chi connectivity index (χ0) is 25.1. The largest absolute Gasteiger partial charge is 0.347 e. The molecule has 1 amide bonds. The van der Waals surface area contributed by atoms with E-state index in [9.17, 15) is 4.79 Å². The van der Waals surface area contributed by atoms with Crippen LogP contribution in [0.1, 0.15) is 16.7 Å². The minimum atomic E-state index is -0.841. The second-order valence-electron chi connectivity index (χ2n) is 9.00. The van der Waals surface area contributed by atoms with E-state index < -0.39 is 6.17 Å². The molecule has 0 bridgehead atoms. The van der Waals surface area contributed by atoms with Crippen LogP contribution in [0.25, 0.3) is 0 Å². The molecule has 184 valence electrons. The van der Waals surface area contributed by atoms with E-state index >= 15 is 0 Å². The Balaban J connectivity index is 1.34. The van der Waals surface area contributed by atoms with Gasteiger partial charge in [-0.25, -0.2) is 4.99 Å². The predicted octanol–water partition coefficient (Wildman–Crippen LogP) is 4.17. The number of anilines is 1. The molecule has 0 radical (unpaired) electrons. The molecule has 36 heavy (non-hydrogen) atoms. The number of benzene rings is 3. The van der Waals surface area contributed by atoms with Crippen LogP contribution in [0.4, 0.5) is 5.69 Å². The first-order chi connectivity index (χ1) is 17.5. The summed E-state index contributed by atoms with van der Waals surface area (Å²) in [4.78, 5) is 24.5. The molecular weight excluding hydrogens is 490 g/mol. The standard InChI is InChI=1S/C28H28ClN5OS/c1-32-24-13-12-22(29)18-23(24)25(21-10-6-3-7-11-21)30-26(27(32)35)31-28(36)34-16-14-33(15-17-34)19-20-8-4-2-5-9-20/h2-13,18,26H,14-17,19H2,1H3,(H,31,36). The maximum atomic E-state index is 13.5. The first-order valence-corrected chi connectivity index (χ1v) is 12.8. The van der Waals surface area contributed by atoms with Gasteiger partial charge in [0, 0.05) is 55.9 Å². The third kappa shape index (κ3) is 5.28. The summed E-state index contributed by atoms with van der Waals surface area (Å²) in [5.74, 6) is -0.172. The maximum absolute atomic E-state index is 13.5. The fraction of sp³-hybridized carbons (Fsp3) is 0.250. The molecule has 5 rings (SSSR count). The van der Waals surface area contributed by atoms with E-state index in [1.807, 2.05) is 48.5 Å². The highest BCUT2D eigenvalue weighted by molar-refractivity contribution is 7.80. The Morgan fingerprint density at radius 2 is 1.67 bits per heavy atom. The molecule has 1 N–H and O–H groups in total. The van der Waals surface area contributed by atoms with Crippen molar-refractivity contribution in [3.8, 4) is 0 Å². The predicted molar refractivity (Wildman–Crippen MR) is 150 cm³/mol. The molecule has 2 aliphatic heterocycles. The SMILES string of the molecule is CN1C(=O)C(NC(=S)N2CCN(Cc3ccccc3)CC2)N=C(c2ccccc2)c2cc(Cl)ccc21. The number of thiocarbonyl (C=S) groups is 1. The fourth-order valence-electron chi connectivity index (χ4n) is 4.63. The number of amides is 1. The van der Waals surface area contributed by atoms with Gasteiger partial charge in [-0.05, 0) is 36.0 Å². The summed E-state index contributed by atoms with van der Waals surface area (Å²) in [6, 6.07) is 25.8. The summed E-state index contributed by atoms with van der Waals surface area (Å²) in [7, 11) is 1.76. The number of carbonyl (C=O) groups excluding carboxylic acids is 1. The molecule has 1 fully saturated rings. The number of hydrogen-bond acceptors (Lipinski definition) is 4. The van der Waals surface area contributed by atoms with Crippen LogP contribution in [-0.4, -0.2) is 65.9 Å². The highest BCUT2D eigenvalue weighted by atomic mass is 35.5. The Morgan fingerprint density at radius 1 is 1.00 bits per heavy atom. The third-order valence-electron chi connectivity index (χ3n) is 6.61. The molecule has 8 heteroatoms. The normalized spacial score (nSPS) is 18.3. The number of fused-ring (bicyclic) bond motifs is 1. The molecule has 1 unspecified atom stereocenters. The number of halogens is 1. The summed E-state index contributed by atoms with van der Waals surface area (Å²) in [6.07, 6.45) is -0.841. The molecule has 2 heterocycles. The van der Waals surface area contributed by atoms with Crippen molar-refractivity contribution >= 4 is 46.2 Å². The monoisotopic (exact) mass is 517 g/mol. The van der Waals surface area contributed by atoms with Crippen LogP contribution in [0.2, 0.25) is 5.02 Å². The summed E-state index contributed by atoms with van der Waals surface area (Å²) in [5, 5.41) is 4.38. The van der Waals surface area contributed by atoms with Gasteiger partial charge in [0.25, 0.3) is 5.91 Å². The van der Waals surface area contributed by atoms with Crippen molar-refractivity contribution in [2.24, 2.45) is 4.99 Å². The Hall–Kier alpha value is -3.26. The van der Waals surface area contributed by atoms with Crippen LogP contribution in [0.15, 0.2) is 83.9 Å². The lowest BCUT2D eigenvalue weighted by Gasteiger charge is -2.36. The number of nitrogens with zero attached hydrogens (tertiary/aromatic N) is 4. The molecule has 6 nitrogen and oxygen atoms in total. The van der Waals surface area contributed by atoms with Crippen molar-refractivity contribution in [1.82, 2.24) is 15.1 Å². The van der Waals surface area contributed by atoms with Crippen molar-refractivity contribution in [3.63, 3.8) is 0 Å². The first kappa shape index (κ1) is 24.4. The molecule has 0 spiro atoms. The van der Waals surface area contributed by atoms with Crippen molar-refractivity contribution in [2.45, 2.75) is 12.7 Å². The summed E-state index contributed by atoms with van der Waals surface area (Å²) in [6.45, 7) is 4.31. The smallest absolute Gasteiger partial charge is 0.272 e. The topological polar surface area (TPSA) is 51.2 Å². The average molecular weight is 518 g/mol. The molecule has 3 aromatic carbocycles. The van der Waals surface area contributed by atoms with Gasteiger partial charge in [0.1, 0.15) is 0 Å². The number of hydrogen-bond donors (Lipinski definition) is 1. The Labute approximate surface area is 222 Å². The molecule has 1 saturated heterocycles. The first-order valence-electron chi connectivity index (χ1n) is 12.0. The second-order valence-corrected chi connectivity index (χ2v) is 9.83. The van der Waals surface area contributed by atoms with Gasteiger partial charge >= 0.3 is 0 Å². The molecule has 0 aromatic heterocycles. The van der Waals surface area contributed by atoms with Crippen LogP contribution < -0.4 is 10.2 Å². The van der Waals surface area contributed by atoms with Gasteiger partial charge in [0.05, 0.1) is 11.4 Å². The molecule has 0 aliphatic carbocycles. The van der Waals surface area contributed by atoms with Crippen molar-refractivity contribution in [2.75, 3.05) is 38.1 Å². The highest BCUT2D eigenvalue weighted by Gasteiger charge is 2.32. The number of piperazine rings is 1. The number of rotatable bonds is 4. The van der Waals surface area contributed by atoms with E-state index in [0.29, 0.717) is 15.8 Å². The summed E-state index contributed by atoms with van der Waals surface area (Å²) < 4.78 is 0. The van der Waals surface area contributed by atoms with Gasteiger partial charge in [-0.15, -0.1) is 0 Å². The number of likely N-dealkylation sites (N-methyl/N-ethyl adjacent to an activating group) is 1. The van der Waals surface area contributed by atoms with E-state index in [-0.39, 0.29) is 5.91 Å². The quantitative estimate of drug-likeness (QED) is 0.526.